The zero-order valence-corrected chi connectivity index (χ0v) is 14.6. The van der Waals surface area contributed by atoms with E-state index in [9.17, 15) is 18.0 Å². The maximum absolute atomic E-state index is 12.4. The molecule has 0 saturated carbocycles. The van der Waals surface area contributed by atoms with Crippen molar-refractivity contribution in [2.24, 2.45) is 0 Å². The zero-order valence-electron chi connectivity index (χ0n) is 13.8. The Bertz CT molecular complexity index is 876. The molecule has 0 saturated heterocycles. The summed E-state index contributed by atoms with van der Waals surface area (Å²) < 4.78 is 31.8. The Kier molecular flexibility index (Phi) is 5.76. The van der Waals surface area contributed by atoms with Gasteiger partial charge in [0.15, 0.2) is 0 Å². The second-order valence-electron chi connectivity index (χ2n) is 5.19. The van der Waals surface area contributed by atoms with Gasteiger partial charge in [0.25, 0.3) is 15.9 Å². The summed E-state index contributed by atoms with van der Waals surface area (Å²) in [7, 11) is -2.63. The number of hydrogen-bond donors (Lipinski definition) is 2. The van der Waals surface area contributed by atoms with Crippen molar-refractivity contribution in [2.75, 3.05) is 7.11 Å². The van der Waals surface area contributed by atoms with Crippen molar-refractivity contribution in [1.82, 2.24) is 10.0 Å². The molecule has 0 fully saturated rings. The van der Waals surface area contributed by atoms with E-state index in [0.29, 0.717) is 6.54 Å². The van der Waals surface area contributed by atoms with E-state index in [0.717, 1.165) is 5.56 Å². The van der Waals surface area contributed by atoms with E-state index >= 15 is 0 Å². The Labute approximate surface area is 146 Å². The second kappa shape index (κ2) is 7.80. The number of sulfonamides is 1. The summed E-state index contributed by atoms with van der Waals surface area (Å²) >= 11 is 0. The maximum atomic E-state index is 12.4. The minimum Gasteiger partial charge on any atom is -0.496 e. The van der Waals surface area contributed by atoms with Gasteiger partial charge in [-0.2, -0.15) is 0 Å². The van der Waals surface area contributed by atoms with Crippen LogP contribution in [0.25, 0.3) is 0 Å². The molecule has 0 aromatic heterocycles. The van der Waals surface area contributed by atoms with E-state index in [2.05, 4.69) is 5.32 Å². The van der Waals surface area contributed by atoms with E-state index in [4.69, 9.17) is 4.74 Å². The molecule has 8 heteroatoms. The molecule has 0 heterocycles. The Morgan fingerprint density at radius 3 is 2.28 bits per heavy atom. The molecule has 25 heavy (non-hydrogen) atoms. The lowest BCUT2D eigenvalue weighted by atomic mass is 10.2. The number of benzene rings is 2. The first-order valence-corrected chi connectivity index (χ1v) is 8.85. The quantitative estimate of drug-likeness (QED) is 0.810. The van der Waals surface area contributed by atoms with Gasteiger partial charge in [0, 0.05) is 13.5 Å². The molecule has 0 aliphatic rings. The SMILES string of the molecule is COc1ccccc1C(=O)NS(=O)(=O)c1ccc(CNC(C)=O)cc1. The standard InChI is InChI=1S/C17H18N2O5S/c1-12(20)18-11-13-7-9-14(10-8-13)25(22,23)19-17(21)15-5-3-4-6-16(15)24-2/h3-10H,11H2,1-2H3,(H,18,20)(H,19,21). The summed E-state index contributed by atoms with van der Waals surface area (Å²) in [5.74, 6) is -0.679. The first-order valence-electron chi connectivity index (χ1n) is 7.37. The number of carbonyl (C=O) groups excluding carboxylic acids is 2. The summed E-state index contributed by atoms with van der Waals surface area (Å²) in [5.41, 5.74) is 0.862. The highest BCUT2D eigenvalue weighted by atomic mass is 32.2. The molecule has 2 amide bonds. The molecule has 7 nitrogen and oxygen atoms in total. The molecule has 2 aromatic carbocycles. The summed E-state index contributed by atoms with van der Waals surface area (Å²) in [6.45, 7) is 1.69. The first kappa shape index (κ1) is 18.5. The van der Waals surface area contributed by atoms with E-state index in [1.54, 1.807) is 30.3 Å². The third-order valence-electron chi connectivity index (χ3n) is 3.35. The Balaban J connectivity index is 2.15. The lowest BCUT2D eigenvalue weighted by Gasteiger charge is -2.10. The molecular weight excluding hydrogens is 344 g/mol. The van der Waals surface area contributed by atoms with Crippen LogP contribution in [0.15, 0.2) is 53.4 Å². The summed E-state index contributed by atoms with van der Waals surface area (Å²) in [4.78, 5) is 23.1. The molecule has 2 aromatic rings. The molecule has 0 bridgehead atoms. The minimum absolute atomic E-state index is 0.0534. The van der Waals surface area contributed by atoms with Crippen molar-refractivity contribution in [2.45, 2.75) is 18.4 Å². The monoisotopic (exact) mass is 362 g/mol. The minimum atomic E-state index is -4.02. The van der Waals surface area contributed by atoms with Gasteiger partial charge < -0.3 is 10.1 Å². The van der Waals surface area contributed by atoms with Crippen LogP contribution in [-0.4, -0.2) is 27.3 Å². The fourth-order valence-corrected chi connectivity index (χ4v) is 3.05. The average Bonchev–Trinajstić information content (AvgIpc) is 2.59. The lowest BCUT2D eigenvalue weighted by Crippen LogP contribution is -2.30. The van der Waals surface area contributed by atoms with E-state index < -0.39 is 15.9 Å². The topological polar surface area (TPSA) is 102 Å². The molecule has 0 spiro atoms. The highest BCUT2D eigenvalue weighted by Gasteiger charge is 2.20. The van der Waals surface area contributed by atoms with Crippen molar-refractivity contribution >= 4 is 21.8 Å². The van der Waals surface area contributed by atoms with Crippen LogP contribution in [-0.2, 0) is 21.4 Å². The molecule has 0 atom stereocenters. The molecule has 0 radical (unpaired) electrons. The van der Waals surface area contributed by atoms with Crippen LogP contribution in [0.3, 0.4) is 0 Å². The van der Waals surface area contributed by atoms with Gasteiger partial charge in [0.2, 0.25) is 5.91 Å². The van der Waals surface area contributed by atoms with Gasteiger partial charge in [-0.05, 0) is 29.8 Å². The van der Waals surface area contributed by atoms with E-state index in [1.807, 2.05) is 4.72 Å². The zero-order chi connectivity index (χ0) is 18.4. The molecule has 2 N–H and O–H groups in total. The van der Waals surface area contributed by atoms with Crippen molar-refractivity contribution in [1.29, 1.82) is 0 Å². The number of amides is 2. The van der Waals surface area contributed by atoms with Gasteiger partial charge in [-0.1, -0.05) is 24.3 Å². The van der Waals surface area contributed by atoms with Crippen LogP contribution in [0.4, 0.5) is 0 Å². The number of ether oxygens (including phenoxy) is 1. The van der Waals surface area contributed by atoms with Gasteiger partial charge >= 0.3 is 0 Å². The number of para-hydroxylation sites is 1. The van der Waals surface area contributed by atoms with Crippen LogP contribution in [0.1, 0.15) is 22.8 Å². The Hall–Kier alpha value is -2.87. The van der Waals surface area contributed by atoms with Crippen LogP contribution in [0, 0.1) is 0 Å². The third kappa shape index (κ3) is 4.80. The van der Waals surface area contributed by atoms with Crippen molar-refractivity contribution in [3.05, 3.63) is 59.7 Å². The highest BCUT2D eigenvalue weighted by Crippen LogP contribution is 2.18. The number of hydrogen-bond acceptors (Lipinski definition) is 5. The predicted octanol–water partition coefficient (Wildman–Crippen LogP) is 1.45. The number of nitrogens with one attached hydrogen (secondary N) is 2. The fraction of sp³-hybridized carbons (Fsp3) is 0.176. The largest absolute Gasteiger partial charge is 0.496 e. The molecule has 2 rings (SSSR count). The molecule has 0 aliphatic carbocycles. The number of carbonyl (C=O) groups is 2. The van der Waals surface area contributed by atoms with E-state index in [1.165, 1.54) is 32.2 Å². The smallest absolute Gasteiger partial charge is 0.268 e. The highest BCUT2D eigenvalue weighted by molar-refractivity contribution is 7.90. The van der Waals surface area contributed by atoms with Crippen molar-refractivity contribution in [3.63, 3.8) is 0 Å². The Morgan fingerprint density at radius 1 is 1.04 bits per heavy atom. The van der Waals surface area contributed by atoms with Crippen LogP contribution in [0.2, 0.25) is 0 Å². The van der Waals surface area contributed by atoms with Gasteiger partial charge in [0.05, 0.1) is 17.6 Å². The van der Waals surface area contributed by atoms with Gasteiger partial charge in [-0.25, -0.2) is 13.1 Å². The van der Waals surface area contributed by atoms with Crippen molar-refractivity contribution < 1.29 is 22.7 Å². The van der Waals surface area contributed by atoms with Crippen LogP contribution >= 0.6 is 0 Å². The van der Waals surface area contributed by atoms with Crippen LogP contribution < -0.4 is 14.8 Å². The average molecular weight is 362 g/mol. The normalized spacial score (nSPS) is 10.8. The molecule has 0 aliphatic heterocycles. The van der Waals surface area contributed by atoms with Crippen molar-refractivity contribution in [3.8, 4) is 5.75 Å². The fourth-order valence-electron chi connectivity index (χ4n) is 2.08. The summed E-state index contributed by atoms with van der Waals surface area (Å²) in [5, 5.41) is 2.61. The van der Waals surface area contributed by atoms with Gasteiger partial charge in [-0.15, -0.1) is 0 Å². The lowest BCUT2D eigenvalue weighted by molar-refractivity contribution is -0.119. The van der Waals surface area contributed by atoms with Gasteiger partial charge in [0.1, 0.15) is 5.75 Å². The van der Waals surface area contributed by atoms with E-state index in [-0.39, 0.29) is 22.1 Å². The summed E-state index contributed by atoms with van der Waals surface area (Å²) in [6.07, 6.45) is 0. The summed E-state index contributed by atoms with van der Waals surface area (Å²) in [6, 6.07) is 12.2. The van der Waals surface area contributed by atoms with Crippen LogP contribution in [0.5, 0.6) is 5.75 Å². The predicted molar refractivity (Wildman–Crippen MR) is 91.6 cm³/mol. The second-order valence-corrected chi connectivity index (χ2v) is 6.87. The number of rotatable bonds is 6. The third-order valence-corrected chi connectivity index (χ3v) is 4.70. The molecule has 132 valence electrons. The maximum Gasteiger partial charge on any atom is 0.268 e. The Morgan fingerprint density at radius 2 is 1.68 bits per heavy atom. The molecular formula is C17H18N2O5S. The number of methoxy groups -OCH3 is 1. The molecule has 0 unspecified atom stereocenters. The van der Waals surface area contributed by atoms with Gasteiger partial charge in [-0.3, -0.25) is 9.59 Å². The first-order chi connectivity index (χ1) is 11.8.